The molecule has 1 unspecified atom stereocenters. The van der Waals surface area contributed by atoms with Crippen molar-refractivity contribution < 1.29 is 0 Å². The molecule has 0 aromatic carbocycles. The summed E-state index contributed by atoms with van der Waals surface area (Å²) >= 11 is 1.77. The van der Waals surface area contributed by atoms with Gasteiger partial charge in [-0.15, -0.1) is 11.3 Å². The summed E-state index contributed by atoms with van der Waals surface area (Å²) in [5, 5.41) is 0. The molecular formula is C13H16N2S. The van der Waals surface area contributed by atoms with E-state index in [-0.39, 0.29) is 6.04 Å². The number of nitrogens with two attached hydrogens (primary N) is 1. The quantitative estimate of drug-likeness (QED) is 0.883. The van der Waals surface area contributed by atoms with Crippen LogP contribution < -0.4 is 5.73 Å². The molecular weight excluding hydrogens is 216 g/mol. The van der Waals surface area contributed by atoms with Crippen molar-refractivity contribution >= 4 is 11.3 Å². The Bertz CT molecular complexity index is 459. The Balaban J connectivity index is 2.07. The maximum absolute atomic E-state index is 6.15. The zero-order chi connectivity index (χ0) is 11.5. The minimum Gasteiger partial charge on any atom is -0.323 e. The van der Waals surface area contributed by atoms with Crippen LogP contribution in [0.15, 0.2) is 30.5 Å². The first-order valence-electron chi connectivity index (χ1n) is 5.38. The summed E-state index contributed by atoms with van der Waals surface area (Å²) < 4.78 is 0. The van der Waals surface area contributed by atoms with Gasteiger partial charge in [-0.25, -0.2) is 0 Å². The van der Waals surface area contributed by atoms with Crippen LogP contribution >= 0.6 is 11.3 Å². The molecule has 0 aliphatic rings. The van der Waals surface area contributed by atoms with Gasteiger partial charge in [-0.1, -0.05) is 6.07 Å². The molecule has 0 bridgehead atoms. The summed E-state index contributed by atoms with van der Waals surface area (Å²) in [7, 11) is 0. The fourth-order valence-electron chi connectivity index (χ4n) is 1.60. The van der Waals surface area contributed by atoms with Crippen molar-refractivity contribution in [3.05, 3.63) is 51.5 Å². The van der Waals surface area contributed by atoms with E-state index in [1.165, 1.54) is 15.3 Å². The first-order chi connectivity index (χ1) is 7.65. The molecule has 1 atom stereocenters. The third-order valence-corrected chi connectivity index (χ3v) is 3.66. The van der Waals surface area contributed by atoms with E-state index in [1.807, 2.05) is 13.1 Å². The summed E-state index contributed by atoms with van der Waals surface area (Å²) in [6, 6.07) is 8.42. The SMILES string of the molecule is Cc1ccc(CC(N)c2ccc(C)s2)nc1. The Morgan fingerprint density at radius 3 is 2.62 bits per heavy atom. The Kier molecular flexibility index (Phi) is 3.36. The topological polar surface area (TPSA) is 38.9 Å². The van der Waals surface area contributed by atoms with Gasteiger partial charge in [0, 0.05) is 34.1 Å². The lowest BCUT2D eigenvalue weighted by Crippen LogP contribution is -2.12. The molecule has 0 amide bonds. The van der Waals surface area contributed by atoms with Crippen molar-refractivity contribution in [1.29, 1.82) is 0 Å². The monoisotopic (exact) mass is 232 g/mol. The third-order valence-electron chi connectivity index (χ3n) is 2.53. The highest BCUT2D eigenvalue weighted by Crippen LogP contribution is 2.23. The van der Waals surface area contributed by atoms with Gasteiger partial charge in [0.25, 0.3) is 0 Å². The van der Waals surface area contributed by atoms with Crippen LogP contribution in [0.25, 0.3) is 0 Å². The normalized spacial score (nSPS) is 12.7. The molecule has 2 aromatic heterocycles. The fourth-order valence-corrected chi connectivity index (χ4v) is 2.48. The maximum Gasteiger partial charge on any atom is 0.0445 e. The third kappa shape index (κ3) is 2.68. The van der Waals surface area contributed by atoms with Crippen LogP contribution in [0.4, 0.5) is 0 Å². The number of rotatable bonds is 3. The molecule has 0 saturated heterocycles. The second-order valence-electron chi connectivity index (χ2n) is 4.09. The molecule has 3 heteroatoms. The smallest absolute Gasteiger partial charge is 0.0445 e. The summed E-state index contributed by atoms with van der Waals surface area (Å²) in [5.74, 6) is 0. The molecule has 0 spiro atoms. The van der Waals surface area contributed by atoms with Crippen molar-refractivity contribution in [3.8, 4) is 0 Å². The predicted molar refractivity (Wildman–Crippen MR) is 68.7 cm³/mol. The largest absolute Gasteiger partial charge is 0.323 e. The van der Waals surface area contributed by atoms with Crippen LogP contribution in [-0.2, 0) is 6.42 Å². The average molecular weight is 232 g/mol. The molecule has 2 heterocycles. The number of aromatic nitrogens is 1. The number of thiophene rings is 1. The van der Waals surface area contributed by atoms with Gasteiger partial charge >= 0.3 is 0 Å². The summed E-state index contributed by atoms with van der Waals surface area (Å²) in [4.78, 5) is 6.92. The highest BCUT2D eigenvalue weighted by atomic mass is 32.1. The van der Waals surface area contributed by atoms with Gasteiger partial charge < -0.3 is 5.73 Å². The van der Waals surface area contributed by atoms with Crippen LogP contribution in [0.3, 0.4) is 0 Å². The Labute approximate surface area is 100 Å². The first kappa shape index (κ1) is 11.3. The zero-order valence-corrected chi connectivity index (χ0v) is 10.4. The standard InChI is InChI=1S/C13H16N2S/c1-9-3-5-11(15-8-9)7-12(14)13-6-4-10(2)16-13/h3-6,8,12H,7,14H2,1-2H3. The first-order valence-corrected chi connectivity index (χ1v) is 6.20. The Morgan fingerprint density at radius 2 is 2.06 bits per heavy atom. The van der Waals surface area contributed by atoms with E-state index in [0.717, 1.165) is 12.1 Å². The van der Waals surface area contributed by atoms with Crippen molar-refractivity contribution in [2.45, 2.75) is 26.3 Å². The molecule has 0 saturated carbocycles. The van der Waals surface area contributed by atoms with Crippen molar-refractivity contribution in [2.24, 2.45) is 5.73 Å². The molecule has 0 aliphatic heterocycles. The molecule has 0 aliphatic carbocycles. The van der Waals surface area contributed by atoms with Gasteiger partial charge in [0.15, 0.2) is 0 Å². The fraction of sp³-hybridized carbons (Fsp3) is 0.308. The Hall–Kier alpha value is -1.19. The second-order valence-corrected chi connectivity index (χ2v) is 5.41. The van der Waals surface area contributed by atoms with Crippen LogP contribution in [0.2, 0.25) is 0 Å². The van der Waals surface area contributed by atoms with Gasteiger partial charge in [0.05, 0.1) is 0 Å². The lowest BCUT2D eigenvalue weighted by molar-refractivity contribution is 0.719. The van der Waals surface area contributed by atoms with Crippen LogP contribution in [0.1, 0.15) is 27.1 Å². The van der Waals surface area contributed by atoms with Crippen LogP contribution in [0.5, 0.6) is 0 Å². The number of nitrogens with zero attached hydrogens (tertiary/aromatic N) is 1. The molecule has 2 aromatic rings. The van der Waals surface area contributed by atoms with E-state index < -0.39 is 0 Å². The summed E-state index contributed by atoms with van der Waals surface area (Å²) in [6.07, 6.45) is 2.70. The van der Waals surface area contributed by atoms with E-state index in [1.54, 1.807) is 11.3 Å². The molecule has 0 fully saturated rings. The molecule has 84 valence electrons. The van der Waals surface area contributed by atoms with E-state index >= 15 is 0 Å². The van der Waals surface area contributed by atoms with Crippen LogP contribution in [0, 0.1) is 13.8 Å². The zero-order valence-electron chi connectivity index (χ0n) is 9.60. The van der Waals surface area contributed by atoms with Crippen LogP contribution in [-0.4, -0.2) is 4.98 Å². The van der Waals surface area contributed by atoms with E-state index in [0.29, 0.717) is 0 Å². The summed E-state index contributed by atoms with van der Waals surface area (Å²) in [5.41, 5.74) is 8.39. The van der Waals surface area contributed by atoms with Crippen molar-refractivity contribution in [3.63, 3.8) is 0 Å². The highest BCUT2D eigenvalue weighted by Gasteiger charge is 2.09. The molecule has 2 rings (SSSR count). The van der Waals surface area contributed by atoms with Gasteiger partial charge in [0.1, 0.15) is 0 Å². The maximum atomic E-state index is 6.15. The summed E-state index contributed by atoms with van der Waals surface area (Å²) in [6.45, 7) is 4.14. The lowest BCUT2D eigenvalue weighted by Gasteiger charge is -2.08. The minimum atomic E-state index is 0.0638. The van der Waals surface area contributed by atoms with E-state index in [9.17, 15) is 0 Å². The van der Waals surface area contributed by atoms with Crippen molar-refractivity contribution in [1.82, 2.24) is 4.98 Å². The molecule has 2 nitrogen and oxygen atoms in total. The van der Waals surface area contributed by atoms with Gasteiger partial charge in [-0.05, 0) is 37.6 Å². The second kappa shape index (κ2) is 4.76. The molecule has 16 heavy (non-hydrogen) atoms. The number of hydrogen-bond donors (Lipinski definition) is 1. The van der Waals surface area contributed by atoms with Gasteiger partial charge in [-0.2, -0.15) is 0 Å². The molecule has 0 radical (unpaired) electrons. The van der Waals surface area contributed by atoms with Crippen molar-refractivity contribution in [2.75, 3.05) is 0 Å². The van der Waals surface area contributed by atoms with Gasteiger partial charge in [-0.3, -0.25) is 4.98 Å². The van der Waals surface area contributed by atoms with E-state index in [4.69, 9.17) is 5.73 Å². The average Bonchev–Trinajstić information content (AvgIpc) is 2.68. The molecule has 2 N–H and O–H groups in total. The predicted octanol–water partition coefficient (Wildman–Crippen LogP) is 3.00. The Morgan fingerprint density at radius 1 is 1.25 bits per heavy atom. The highest BCUT2D eigenvalue weighted by molar-refractivity contribution is 7.12. The van der Waals surface area contributed by atoms with Gasteiger partial charge in [0.2, 0.25) is 0 Å². The number of aryl methyl sites for hydroxylation is 2. The van der Waals surface area contributed by atoms with E-state index in [2.05, 4.69) is 36.2 Å². The number of pyridine rings is 1. The number of hydrogen-bond acceptors (Lipinski definition) is 3. The lowest BCUT2D eigenvalue weighted by atomic mass is 10.1. The minimum absolute atomic E-state index is 0.0638.